The molecule has 0 saturated heterocycles. The fraction of sp³-hybridized carbons (Fsp3) is 0.350. The van der Waals surface area contributed by atoms with Gasteiger partial charge in [0.1, 0.15) is 5.82 Å². The molecule has 0 aliphatic carbocycles. The Morgan fingerprint density at radius 3 is 2.71 bits per heavy atom. The third-order valence-corrected chi connectivity index (χ3v) is 4.84. The molecule has 2 N–H and O–H groups in total. The minimum absolute atomic E-state index is 0.204. The number of hydrogen-bond acceptors (Lipinski definition) is 2. The number of aryl methyl sites for hydroxylation is 1. The van der Waals surface area contributed by atoms with Gasteiger partial charge in [0.15, 0.2) is 0 Å². The zero-order valence-corrected chi connectivity index (χ0v) is 14.4. The molecule has 2 aromatic rings. The Labute approximate surface area is 142 Å². The summed E-state index contributed by atoms with van der Waals surface area (Å²) in [5, 5.41) is 6.02. The minimum Gasteiger partial charge on any atom is -0.323 e. The van der Waals surface area contributed by atoms with Crippen molar-refractivity contribution in [2.24, 2.45) is 0 Å². The van der Waals surface area contributed by atoms with E-state index in [1.807, 2.05) is 51.1 Å². The zero-order chi connectivity index (χ0) is 17.3. The predicted octanol–water partition coefficient (Wildman–Crippen LogP) is 3.70. The highest BCUT2D eigenvalue weighted by Gasteiger charge is 2.32. The summed E-state index contributed by atoms with van der Waals surface area (Å²) in [6, 6.07) is 11.3. The van der Waals surface area contributed by atoms with Gasteiger partial charge in [0.05, 0.1) is 11.1 Å². The Morgan fingerprint density at radius 1 is 1.21 bits per heavy atom. The number of anilines is 1. The van der Waals surface area contributed by atoms with E-state index in [1.165, 1.54) is 0 Å². The van der Waals surface area contributed by atoms with Crippen LogP contribution in [0.1, 0.15) is 36.1 Å². The van der Waals surface area contributed by atoms with Crippen LogP contribution in [-0.2, 0) is 23.2 Å². The highest BCUT2D eigenvalue weighted by Crippen LogP contribution is 2.30. The van der Waals surface area contributed by atoms with Crippen LogP contribution in [0.4, 0.5) is 10.1 Å². The molecule has 126 valence electrons. The van der Waals surface area contributed by atoms with Crippen molar-refractivity contribution in [2.45, 2.75) is 39.2 Å². The standard InChI is InChI=1S/C20H23FN2O/c1-13-6-4-5-7-16(13)20(2,3)19(24)23-17-9-8-14-12-22-11-10-15(14)18(17)21/h4-9,22H,10-12H2,1-3H3,(H,23,24). The van der Waals surface area contributed by atoms with Gasteiger partial charge in [-0.25, -0.2) is 4.39 Å². The van der Waals surface area contributed by atoms with E-state index in [2.05, 4.69) is 10.6 Å². The number of benzene rings is 2. The first-order valence-electron chi connectivity index (χ1n) is 8.30. The molecule has 0 fully saturated rings. The number of fused-ring (bicyclic) bond motifs is 1. The first kappa shape index (κ1) is 16.7. The van der Waals surface area contributed by atoms with Crippen LogP contribution in [0.15, 0.2) is 36.4 Å². The highest BCUT2D eigenvalue weighted by molar-refractivity contribution is 5.99. The number of amides is 1. The van der Waals surface area contributed by atoms with Crippen LogP contribution in [0.3, 0.4) is 0 Å². The smallest absolute Gasteiger partial charge is 0.234 e. The van der Waals surface area contributed by atoms with Gasteiger partial charge in [0, 0.05) is 6.54 Å². The normalized spacial score (nSPS) is 14.2. The molecule has 2 aromatic carbocycles. The minimum atomic E-state index is -0.741. The number of carbonyl (C=O) groups is 1. The summed E-state index contributed by atoms with van der Waals surface area (Å²) in [5.41, 5.74) is 3.20. The molecule has 0 atom stereocenters. The van der Waals surface area contributed by atoms with Crippen LogP contribution in [-0.4, -0.2) is 12.5 Å². The van der Waals surface area contributed by atoms with E-state index in [4.69, 9.17) is 0 Å². The van der Waals surface area contributed by atoms with Crippen LogP contribution in [0.25, 0.3) is 0 Å². The van der Waals surface area contributed by atoms with E-state index in [-0.39, 0.29) is 17.4 Å². The van der Waals surface area contributed by atoms with Crippen molar-refractivity contribution in [1.29, 1.82) is 0 Å². The number of halogens is 1. The van der Waals surface area contributed by atoms with Crippen molar-refractivity contribution in [3.05, 3.63) is 64.5 Å². The summed E-state index contributed by atoms with van der Waals surface area (Å²) >= 11 is 0. The summed E-state index contributed by atoms with van der Waals surface area (Å²) in [5.74, 6) is -0.507. The Hall–Kier alpha value is -2.20. The second kappa shape index (κ2) is 6.36. The van der Waals surface area contributed by atoms with E-state index >= 15 is 0 Å². The number of carbonyl (C=O) groups excluding carboxylic acids is 1. The molecule has 0 radical (unpaired) electrons. The summed E-state index contributed by atoms with van der Waals surface area (Å²) in [7, 11) is 0. The molecule has 0 unspecified atom stereocenters. The molecular weight excluding hydrogens is 303 g/mol. The fourth-order valence-electron chi connectivity index (χ4n) is 3.31. The van der Waals surface area contributed by atoms with Gasteiger partial charge in [-0.3, -0.25) is 4.79 Å². The second-order valence-electron chi connectivity index (χ2n) is 6.89. The lowest BCUT2D eigenvalue weighted by Gasteiger charge is -2.27. The molecule has 0 aromatic heterocycles. The van der Waals surface area contributed by atoms with Crippen LogP contribution in [0, 0.1) is 12.7 Å². The summed E-state index contributed by atoms with van der Waals surface area (Å²) in [6.07, 6.45) is 0.645. The largest absolute Gasteiger partial charge is 0.323 e. The molecule has 24 heavy (non-hydrogen) atoms. The van der Waals surface area contributed by atoms with Crippen LogP contribution in [0.2, 0.25) is 0 Å². The highest BCUT2D eigenvalue weighted by atomic mass is 19.1. The van der Waals surface area contributed by atoms with Crippen molar-refractivity contribution >= 4 is 11.6 Å². The Kier molecular flexibility index (Phi) is 4.41. The van der Waals surface area contributed by atoms with E-state index in [9.17, 15) is 9.18 Å². The zero-order valence-electron chi connectivity index (χ0n) is 14.4. The van der Waals surface area contributed by atoms with Crippen molar-refractivity contribution in [3.8, 4) is 0 Å². The van der Waals surface area contributed by atoms with Crippen LogP contribution >= 0.6 is 0 Å². The predicted molar refractivity (Wildman–Crippen MR) is 94.6 cm³/mol. The lowest BCUT2D eigenvalue weighted by atomic mass is 9.81. The molecule has 3 rings (SSSR count). The summed E-state index contributed by atoms with van der Waals surface area (Å²) in [6.45, 7) is 7.15. The molecule has 0 spiro atoms. The third-order valence-electron chi connectivity index (χ3n) is 4.84. The van der Waals surface area contributed by atoms with E-state index in [0.717, 1.165) is 23.2 Å². The lowest BCUT2D eigenvalue weighted by molar-refractivity contribution is -0.120. The van der Waals surface area contributed by atoms with Crippen molar-refractivity contribution < 1.29 is 9.18 Å². The van der Waals surface area contributed by atoms with E-state index in [0.29, 0.717) is 18.5 Å². The van der Waals surface area contributed by atoms with Gasteiger partial charge < -0.3 is 10.6 Å². The fourth-order valence-corrected chi connectivity index (χ4v) is 3.31. The Morgan fingerprint density at radius 2 is 1.96 bits per heavy atom. The maximum Gasteiger partial charge on any atom is 0.234 e. The monoisotopic (exact) mass is 326 g/mol. The number of nitrogens with one attached hydrogen (secondary N) is 2. The van der Waals surface area contributed by atoms with Gasteiger partial charge >= 0.3 is 0 Å². The van der Waals surface area contributed by atoms with Crippen molar-refractivity contribution in [2.75, 3.05) is 11.9 Å². The van der Waals surface area contributed by atoms with Gasteiger partial charge in [0.25, 0.3) is 0 Å². The molecule has 0 bridgehead atoms. The van der Waals surface area contributed by atoms with Crippen LogP contribution < -0.4 is 10.6 Å². The lowest BCUT2D eigenvalue weighted by Crippen LogP contribution is -2.36. The molecule has 1 heterocycles. The van der Waals surface area contributed by atoms with Gasteiger partial charge in [-0.1, -0.05) is 30.3 Å². The molecule has 1 aliphatic heterocycles. The molecule has 1 aliphatic rings. The quantitative estimate of drug-likeness (QED) is 0.903. The van der Waals surface area contributed by atoms with Gasteiger partial charge in [-0.2, -0.15) is 0 Å². The Balaban J connectivity index is 1.88. The first-order chi connectivity index (χ1) is 11.4. The van der Waals surface area contributed by atoms with Crippen LogP contribution in [0.5, 0.6) is 0 Å². The number of hydrogen-bond donors (Lipinski definition) is 2. The van der Waals surface area contributed by atoms with E-state index < -0.39 is 5.41 Å². The molecule has 1 amide bonds. The maximum absolute atomic E-state index is 14.7. The topological polar surface area (TPSA) is 41.1 Å². The molecule has 0 saturated carbocycles. The van der Waals surface area contributed by atoms with Gasteiger partial charge in [-0.15, -0.1) is 0 Å². The summed E-state index contributed by atoms with van der Waals surface area (Å²) < 4.78 is 14.7. The molecular formula is C20H23FN2O. The van der Waals surface area contributed by atoms with Crippen molar-refractivity contribution in [1.82, 2.24) is 5.32 Å². The molecule has 3 nitrogen and oxygen atoms in total. The third kappa shape index (κ3) is 2.94. The summed E-state index contributed by atoms with van der Waals surface area (Å²) in [4.78, 5) is 12.8. The van der Waals surface area contributed by atoms with E-state index in [1.54, 1.807) is 6.07 Å². The maximum atomic E-state index is 14.7. The number of rotatable bonds is 3. The first-order valence-corrected chi connectivity index (χ1v) is 8.30. The van der Waals surface area contributed by atoms with Crippen molar-refractivity contribution in [3.63, 3.8) is 0 Å². The molecule has 4 heteroatoms. The van der Waals surface area contributed by atoms with Gasteiger partial charge in [0.2, 0.25) is 5.91 Å². The average Bonchev–Trinajstić information content (AvgIpc) is 2.57. The second-order valence-corrected chi connectivity index (χ2v) is 6.89. The Bertz CT molecular complexity index is 783. The average molecular weight is 326 g/mol. The van der Waals surface area contributed by atoms with Gasteiger partial charge in [-0.05, 0) is 62.1 Å². The SMILES string of the molecule is Cc1ccccc1C(C)(C)C(=O)Nc1ccc2c(c1F)CCNC2.